The molecule has 0 fully saturated rings. The van der Waals surface area contributed by atoms with Gasteiger partial charge >= 0.3 is 5.97 Å². The topological polar surface area (TPSA) is 38.3 Å². The van der Waals surface area contributed by atoms with Gasteiger partial charge in [-0.2, -0.15) is 0 Å². The summed E-state index contributed by atoms with van der Waals surface area (Å²) in [5.74, 6) is -0.315. The van der Waals surface area contributed by atoms with Crippen LogP contribution in [0.4, 0.5) is 0 Å². The monoisotopic (exact) mass is 267 g/mol. The fraction of sp³-hybridized carbons (Fsp3) is 0.118. The molecule has 102 valence electrons. The molecule has 0 aromatic heterocycles. The second-order valence-electron chi connectivity index (χ2n) is 4.28. The van der Waals surface area contributed by atoms with Crippen molar-refractivity contribution in [2.75, 3.05) is 13.7 Å². The standard InChI is InChI=1S/C17H17NO2/c1-20-17(19)16-8-6-14(7-9-16)4-2-3-5-15-10-12-18-13-11-15/h2-12,18H,13H2,1H3/b4-2+,5-3+. The van der Waals surface area contributed by atoms with E-state index in [2.05, 4.69) is 22.2 Å². The summed E-state index contributed by atoms with van der Waals surface area (Å²) >= 11 is 0. The second-order valence-corrected chi connectivity index (χ2v) is 4.28. The normalized spacial score (nSPS) is 14.3. The van der Waals surface area contributed by atoms with E-state index in [1.807, 2.05) is 42.6 Å². The van der Waals surface area contributed by atoms with E-state index in [1.165, 1.54) is 12.7 Å². The van der Waals surface area contributed by atoms with Crippen molar-refractivity contribution in [2.24, 2.45) is 0 Å². The molecular weight excluding hydrogens is 250 g/mol. The third kappa shape index (κ3) is 3.99. The number of rotatable bonds is 4. The Kier molecular flexibility index (Phi) is 4.95. The minimum atomic E-state index is -0.315. The van der Waals surface area contributed by atoms with E-state index in [1.54, 1.807) is 12.1 Å². The number of esters is 1. The molecule has 0 atom stereocenters. The third-order valence-corrected chi connectivity index (χ3v) is 2.87. The van der Waals surface area contributed by atoms with Crippen molar-refractivity contribution < 1.29 is 9.53 Å². The number of hydrogen-bond donors (Lipinski definition) is 1. The van der Waals surface area contributed by atoms with Crippen LogP contribution >= 0.6 is 0 Å². The molecule has 1 aromatic carbocycles. The lowest BCUT2D eigenvalue weighted by Gasteiger charge is -2.02. The highest BCUT2D eigenvalue weighted by molar-refractivity contribution is 5.89. The highest BCUT2D eigenvalue weighted by atomic mass is 16.5. The van der Waals surface area contributed by atoms with Crippen LogP contribution < -0.4 is 5.32 Å². The predicted molar refractivity (Wildman–Crippen MR) is 81.2 cm³/mol. The van der Waals surface area contributed by atoms with E-state index in [9.17, 15) is 4.79 Å². The number of ether oxygens (including phenoxy) is 1. The van der Waals surface area contributed by atoms with E-state index in [0.29, 0.717) is 5.56 Å². The van der Waals surface area contributed by atoms with Crippen LogP contribution in [0, 0.1) is 0 Å². The Morgan fingerprint density at radius 2 is 1.95 bits per heavy atom. The Balaban J connectivity index is 1.94. The number of allylic oxidation sites excluding steroid dienone is 5. The fourth-order valence-corrected chi connectivity index (χ4v) is 1.77. The number of carbonyl (C=O) groups excluding carboxylic acids is 1. The van der Waals surface area contributed by atoms with E-state index in [4.69, 9.17) is 0 Å². The Bertz CT molecular complexity index is 578. The fourth-order valence-electron chi connectivity index (χ4n) is 1.77. The molecule has 1 N–H and O–H groups in total. The molecule has 0 aliphatic carbocycles. The molecule has 3 heteroatoms. The molecule has 1 heterocycles. The first kappa shape index (κ1) is 13.9. The predicted octanol–water partition coefficient (Wildman–Crippen LogP) is 3.09. The molecule has 1 aromatic rings. The average Bonchev–Trinajstić information content (AvgIpc) is 2.52. The summed E-state index contributed by atoms with van der Waals surface area (Å²) in [4.78, 5) is 11.3. The summed E-state index contributed by atoms with van der Waals surface area (Å²) in [6.45, 7) is 0.870. The molecule has 2 rings (SSSR count). The molecule has 0 unspecified atom stereocenters. The lowest BCUT2D eigenvalue weighted by molar-refractivity contribution is 0.0601. The SMILES string of the molecule is COC(=O)c1ccc(/C=C/C=C/C2=CCNC=C2)cc1. The molecule has 1 aliphatic rings. The minimum Gasteiger partial charge on any atom is -0.465 e. The van der Waals surface area contributed by atoms with E-state index >= 15 is 0 Å². The van der Waals surface area contributed by atoms with Crippen molar-refractivity contribution in [3.05, 3.63) is 77.5 Å². The molecule has 0 radical (unpaired) electrons. The van der Waals surface area contributed by atoms with Crippen LogP contribution in [-0.2, 0) is 4.74 Å². The maximum Gasteiger partial charge on any atom is 0.337 e. The van der Waals surface area contributed by atoms with Crippen LogP contribution in [-0.4, -0.2) is 19.6 Å². The van der Waals surface area contributed by atoms with Gasteiger partial charge in [-0.05, 0) is 35.5 Å². The summed E-state index contributed by atoms with van der Waals surface area (Å²) in [6.07, 6.45) is 14.1. The van der Waals surface area contributed by atoms with Gasteiger partial charge in [0.2, 0.25) is 0 Å². The van der Waals surface area contributed by atoms with Crippen LogP contribution in [0.3, 0.4) is 0 Å². The third-order valence-electron chi connectivity index (χ3n) is 2.87. The Morgan fingerprint density at radius 3 is 2.60 bits per heavy atom. The summed E-state index contributed by atoms with van der Waals surface area (Å²) in [5.41, 5.74) is 2.79. The highest BCUT2D eigenvalue weighted by Gasteiger charge is 2.02. The largest absolute Gasteiger partial charge is 0.465 e. The lowest BCUT2D eigenvalue weighted by Crippen LogP contribution is -2.07. The van der Waals surface area contributed by atoms with Crippen molar-refractivity contribution in [1.82, 2.24) is 5.32 Å². The van der Waals surface area contributed by atoms with Crippen LogP contribution in [0.2, 0.25) is 0 Å². The zero-order valence-electron chi connectivity index (χ0n) is 11.4. The van der Waals surface area contributed by atoms with Gasteiger partial charge in [-0.15, -0.1) is 0 Å². The van der Waals surface area contributed by atoms with Gasteiger partial charge in [0.25, 0.3) is 0 Å². The van der Waals surface area contributed by atoms with Gasteiger partial charge in [0.05, 0.1) is 12.7 Å². The summed E-state index contributed by atoms with van der Waals surface area (Å²) in [6, 6.07) is 7.29. The maximum absolute atomic E-state index is 11.3. The van der Waals surface area contributed by atoms with Crippen LogP contribution in [0.5, 0.6) is 0 Å². The average molecular weight is 267 g/mol. The molecule has 1 aliphatic heterocycles. The molecular formula is C17H17NO2. The second kappa shape index (κ2) is 7.14. The first-order valence-corrected chi connectivity index (χ1v) is 6.43. The molecule has 0 bridgehead atoms. The maximum atomic E-state index is 11.3. The lowest BCUT2D eigenvalue weighted by atomic mass is 10.1. The number of hydrogen-bond acceptors (Lipinski definition) is 3. The van der Waals surface area contributed by atoms with Crippen molar-refractivity contribution in [1.29, 1.82) is 0 Å². The Labute approximate surface area is 119 Å². The van der Waals surface area contributed by atoms with Crippen molar-refractivity contribution in [3.8, 4) is 0 Å². The highest BCUT2D eigenvalue weighted by Crippen LogP contribution is 2.08. The molecule has 3 nitrogen and oxygen atoms in total. The summed E-state index contributed by atoms with van der Waals surface area (Å²) < 4.78 is 4.66. The van der Waals surface area contributed by atoms with Gasteiger partial charge in [-0.25, -0.2) is 4.79 Å². The number of dihydropyridines is 1. The molecule has 20 heavy (non-hydrogen) atoms. The first-order chi connectivity index (χ1) is 9.79. The number of nitrogens with one attached hydrogen (secondary N) is 1. The number of benzene rings is 1. The Hall–Kier alpha value is -2.55. The summed E-state index contributed by atoms with van der Waals surface area (Å²) in [5, 5.41) is 3.10. The zero-order valence-corrected chi connectivity index (χ0v) is 11.4. The van der Waals surface area contributed by atoms with Crippen molar-refractivity contribution in [2.45, 2.75) is 0 Å². The van der Waals surface area contributed by atoms with Gasteiger partial charge in [0.1, 0.15) is 0 Å². The quantitative estimate of drug-likeness (QED) is 0.673. The van der Waals surface area contributed by atoms with Gasteiger partial charge in [0, 0.05) is 6.54 Å². The van der Waals surface area contributed by atoms with Gasteiger partial charge in [0.15, 0.2) is 0 Å². The Morgan fingerprint density at radius 1 is 1.20 bits per heavy atom. The minimum absolute atomic E-state index is 0.315. The molecule has 0 amide bonds. The van der Waals surface area contributed by atoms with Crippen molar-refractivity contribution in [3.63, 3.8) is 0 Å². The van der Waals surface area contributed by atoms with E-state index in [-0.39, 0.29) is 5.97 Å². The van der Waals surface area contributed by atoms with Crippen LogP contribution in [0.1, 0.15) is 15.9 Å². The van der Waals surface area contributed by atoms with Crippen molar-refractivity contribution >= 4 is 12.0 Å². The van der Waals surface area contributed by atoms with Gasteiger partial charge < -0.3 is 10.1 Å². The van der Waals surface area contributed by atoms with E-state index < -0.39 is 0 Å². The molecule has 0 saturated carbocycles. The van der Waals surface area contributed by atoms with Crippen LogP contribution in [0.15, 0.2) is 66.4 Å². The number of carbonyl (C=O) groups is 1. The first-order valence-electron chi connectivity index (χ1n) is 6.43. The van der Waals surface area contributed by atoms with Gasteiger partial charge in [-0.1, -0.05) is 42.5 Å². The number of methoxy groups -OCH3 is 1. The van der Waals surface area contributed by atoms with Crippen LogP contribution in [0.25, 0.3) is 6.08 Å². The molecule has 0 saturated heterocycles. The van der Waals surface area contributed by atoms with Gasteiger partial charge in [-0.3, -0.25) is 0 Å². The zero-order chi connectivity index (χ0) is 14.2. The molecule has 0 spiro atoms. The smallest absolute Gasteiger partial charge is 0.337 e. The summed E-state index contributed by atoms with van der Waals surface area (Å²) in [7, 11) is 1.38. The van der Waals surface area contributed by atoms with E-state index in [0.717, 1.165) is 12.1 Å².